The Morgan fingerprint density at radius 3 is 3.06 bits per heavy atom. The molecule has 1 spiro atoms. The Kier molecular flexibility index (Phi) is 4.30. The number of ether oxygens (including phenoxy) is 2. The highest BCUT2D eigenvalue weighted by Crippen LogP contribution is 2.37. The predicted octanol–water partition coefficient (Wildman–Crippen LogP) is 0.470. The molecule has 5 nitrogen and oxygen atoms in total. The van der Waals surface area contributed by atoms with Gasteiger partial charge in [-0.05, 0) is 12.8 Å². The minimum absolute atomic E-state index is 0.108. The molecule has 3 N–H and O–H groups in total. The summed E-state index contributed by atoms with van der Waals surface area (Å²) in [5, 5.41) is 9.17. The lowest BCUT2D eigenvalue weighted by molar-refractivity contribution is -0.137. The minimum Gasteiger partial charge on any atom is -0.480 e. The molecule has 2 fully saturated rings. The summed E-state index contributed by atoms with van der Waals surface area (Å²) in [6.45, 7) is 2.18. The van der Waals surface area contributed by atoms with Crippen molar-refractivity contribution in [2.45, 2.75) is 36.2 Å². The Balaban J connectivity index is 1.79. The number of carboxylic acids is 1. The van der Waals surface area contributed by atoms with Crippen LogP contribution in [-0.2, 0) is 14.3 Å². The van der Waals surface area contributed by atoms with Crippen LogP contribution >= 0.6 is 11.8 Å². The molecule has 3 atom stereocenters. The van der Waals surface area contributed by atoms with Gasteiger partial charge in [-0.1, -0.05) is 0 Å². The first kappa shape index (κ1) is 13.1. The molecule has 17 heavy (non-hydrogen) atoms. The Morgan fingerprint density at radius 1 is 1.59 bits per heavy atom. The molecule has 0 aromatic carbocycles. The molecule has 2 aliphatic rings. The number of hydrogen-bond donors (Lipinski definition) is 2. The summed E-state index contributed by atoms with van der Waals surface area (Å²) in [5.74, 6) is -0.458. The van der Waals surface area contributed by atoms with Crippen molar-refractivity contribution in [1.29, 1.82) is 0 Å². The fraction of sp³-hybridized carbons (Fsp3) is 0.909. The van der Waals surface area contributed by atoms with E-state index in [-0.39, 0.29) is 5.60 Å². The van der Waals surface area contributed by atoms with Gasteiger partial charge in [0.1, 0.15) is 6.04 Å². The van der Waals surface area contributed by atoms with Crippen LogP contribution in [0.25, 0.3) is 0 Å². The van der Waals surface area contributed by atoms with Crippen molar-refractivity contribution in [2.75, 3.05) is 25.6 Å². The van der Waals surface area contributed by atoms with Crippen LogP contribution < -0.4 is 5.73 Å². The summed E-state index contributed by atoms with van der Waals surface area (Å²) >= 11 is 1.65. The Morgan fingerprint density at radius 2 is 2.41 bits per heavy atom. The highest BCUT2D eigenvalue weighted by molar-refractivity contribution is 8.00. The molecule has 0 aromatic rings. The molecule has 0 saturated carbocycles. The number of nitrogens with two attached hydrogens (primary N) is 1. The van der Waals surface area contributed by atoms with Crippen LogP contribution in [0, 0.1) is 0 Å². The number of hydrogen-bond acceptors (Lipinski definition) is 5. The molecule has 2 heterocycles. The first-order valence-electron chi connectivity index (χ1n) is 5.93. The van der Waals surface area contributed by atoms with Gasteiger partial charge < -0.3 is 20.3 Å². The molecule has 0 aromatic heterocycles. The number of aliphatic carboxylic acids is 1. The van der Waals surface area contributed by atoms with Crippen molar-refractivity contribution in [3.63, 3.8) is 0 Å². The van der Waals surface area contributed by atoms with E-state index in [0.717, 1.165) is 32.5 Å². The molecular formula is C11H19NO4S. The molecular weight excluding hydrogens is 242 g/mol. The monoisotopic (exact) mass is 261 g/mol. The first-order chi connectivity index (χ1) is 8.11. The third kappa shape index (κ3) is 3.34. The van der Waals surface area contributed by atoms with E-state index in [0.29, 0.717) is 17.6 Å². The Bertz CT molecular complexity index is 281. The van der Waals surface area contributed by atoms with Gasteiger partial charge >= 0.3 is 5.97 Å². The normalized spacial score (nSPS) is 35.0. The van der Waals surface area contributed by atoms with Crippen molar-refractivity contribution in [1.82, 2.24) is 0 Å². The summed E-state index contributed by atoms with van der Waals surface area (Å²) < 4.78 is 11.2. The summed E-state index contributed by atoms with van der Waals surface area (Å²) in [5.41, 5.74) is 5.39. The lowest BCUT2D eigenvalue weighted by Crippen LogP contribution is -2.42. The second kappa shape index (κ2) is 5.56. The lowest BCUT2D eigenvalue weighted by Gasteiger charge is -2.36. The molecule has 2 aliphatic heterocycles. The zero-order valence-electron chi connectivity index (χ0n) is 9.76. The first-order valence-corrected chi connectivity index (χ1v) is 6.98. The van der Waals surface area contributed by atoms with Crippen LogP contribution in [0.4, 0.5) is 0 Å². The van der Waals surface area contributed by atoms with Crippen LogP contribution in [-0.4, -0.2) is 53.5 Å². The van der Waals surface area contributed by atoms with E-state index in [1.54, 1.807) is 11.8 Å². The van der Waals surface area contributed by atoms with Crippen LogP contribution in [0.2, 0.25) is 0 Å². The largest absolute Gasteiger partial charge is 0.480 e. The summed E-state index contributed by atoms with van der Waals surface area (Å²) in [7, 11) is 0. The highest BCUT2D eigenvalue weighted by atomic mass is 32.2. The van der Waals surface area contributed by atoms with Gasteiger partial charge in [0.05, 0.1) is 12.2 Å². The molecule has 0 bridgehead atoms. The van der Waals surface area contributed by atoms with Crippen LogP contribution in [0.5, 0.6) is 0 Å². The average molecular weight is 261 g/mol. The third-order valence-electron chi connectivity index (χ3n) is 3.34. The minimum atomic E-state index is -0.927. The zero-order valence-corrected chi connectivity index (χ0v) is 10.6. The van der Waals surface area contributed by atoms with Gasteiger partial charge in [-0.2, -0.15) is 11.8 Å². The van der Waals surface area contributed by atoms with Crippen LogP contribution in [0.1, 0.15) is 19.3 Å². The second-order valence-corrected chi connectivity index (χ2v) is 6.06. The standard InChI is InChI=1S/C11H19NO4S/c12-9(10(13)14)6-17-8-1-3-16-11(5-8)2-4-15-7-11/h8-9H,1-7,12H2,(H,13,14)/t8?,9-,11?/m1/s1. The molecule has 0 aliphatic carbocycles. The molecule has 6 heteroatoms. The van der Waals surface area contributed by atoms with E-state index in [1.165, 1.54) is 0 Å². The van der Waals surface area contributed by atoms with Gasteiger partial charge in [-0.25, -0.2) is 0 Å². The van der Waals surface area contributed by atoms with Crippen LogP contribution in [0.15, 0.2) is 0 Å². The van der Waals surface area contributed by atoms with Crippen molar-refractivity contribution in [2.24, 2.45) is 5.73 Å². The van der Waals surface area contributed by atoms with E-state index < -0.39 is 12.0 Å². The number of carboxylic acid groups (broad SMARTS) is 1. The molecule has 2 rings (SSSR count). The maximum Gasteiger partial charge on any atom is 0.321 e. The van der Waals surface area contributed by atoms with E-state index >= 15 is 0 Å². The van der Waals surface area contributed by atoms with E-state index in [4.69, 9.17) is 20.3 Å². The SMILES string of the molecule is N[C@H](CSC1CCOC2(CCOC2)C1)C(=O)O. The lowest BCUT2D eigenvalue weighted by atomic mass is 9.93. The fourth-order valence-corrected chi connectivity index (χ4v) is 3.61. The average Bonchev–Trinajstić information content (AvgIpc) is 2.74. The van der Waals surface area contributed by atoms with Crippen molar-refractivity contribution in [3.05, 3.63) is 0 Å². The smallest absolute Gasteiger partial charge is 0.321 e. The third-order valence-corrected chi connectivity index (χ3v) is 4.77. The van der Waals surface area contributed by atoms with Crippen molar-refractivity contribution >= 4 is 17.7 Å². The maximum atomic E-state index is 10.6. The summed E-state index contributed by atoms with van der Waals surface area (Å²) in [4.78, 5) is 10.6. The molecule has 2 unspecified atom stereocenters. The topological polar surface area (TPSA) is 81.8 Å². The molecule has 0 amide bonds. The van der Waals surface area contributed by atoms with Gasteiger partial charge in [0.25, 0.3) is 0 Å². The van der Waals surface area contributed by atoms with E-state index in [2.05, 4.69) is 0 Å². The van der Waals surface area contributed by atoms with Crippen LogP contribution in [0.3, 0.4) is 0 Å². The molecule has 2 saturated heterocycles. The van der Waals surface area contributed by atoms with Gasteiger partial charge in [0.2, 0.25) is 0 Å². The number of rotatable bonds is 4. The van der Waals surface area contributed by atoms with Gasteiger partial charge in [-0.15, -0.1) is 0 Å². The molecule has 98 valence electrons. The fourth-order valence-electron chi connectivity index (χ4n) is 2.30. The Hall–Kier alpha value is -0.300. The quantitative estimate of drug-likeness (QED) is 0.765. The number of thioether (sulfide) groups is 1. The van der Waals surface area contributed by atoms with Gasteiger partial charge in [0, 0.05) is 30.6 Å². The number of carbonyl (C=O) groups is 1. The van der Waals surface area contributed by atoms with Gasteiger partial charge in [0.15, 0.2) is 0 Å². The summed E-state index contributed by atoms with van der Waals surface area (Å²) in [6.07, 6.45) is 2.87. The molecule has 0 radical (unpaired) electrons. The second-order valence-electron chi connectivity index (χ2n) is 4.73. The van der Waals surface area contributed by atoms with Crippen molar-refractivity contribution < 1.29 is 19.4 Å². The van der Waals surface area contributed by atoms with Gasteiger partial charge in [-0.3, -0.25) is 4.79 Å². The zero-order chi connectivity index (χ0) is 12.3. The van der Waals surface area contributed by atoms with Crippen molar-refractivity contribution in [3.8, 4) is 0 Å². The van der Waals surface area contributed by atoms with E-state index in [1.807, 2.05) is 0 Å². The predicted molar refractivity (Wildman–Crippen MR) is 65.2 cm³/mol. The maximum absolute atomic E-state index is 10.6. The van der Waals surface area contributed by atoms with E-state index in [9.17, 15) is 4.79 Å². The highest BCUT2D eigenvalue weighted by Gasteiger charge is 2.41. The summed E-state index contributed by atoms with van der Waals surface area (Å²) in [6, 6.07) is -0.765. The Labute approximate surface area is 105 Å².